The highest BCUT2D eigenvalue weighted by atomic mass is 16.5. The van der Waals surface area contributed by atoms with E-state index in [-0.39, 0.29) is 18.0 Å². The van der Waals surface area contributed by atoms with Gasteiger partial charge >= 0.3 is 5.63 Å². The Morgan fingerprint density at radius 1 is 0.931 bits per heavy atom. The zero-order chi connectivity index (χ0) is 19.8. The van der Waals surface area contributed by atoms with E-state index in [1.807, 2.05) is 12.1 Å². The van der Waals surface area contributed by atoms with E-state index >= 15 is 0 Å². The van der Waals surface area contributed by atoms with Crippen LogP contribution in [0.1, 0.15) is 34.3 Å². The van der Waals surface area contributed by atoms with Gasteiger partial charge in [0.05, 0.1) is 13.2 Å². The van der Waals surface area contributed by atoms with Gasteiger partial charge in [0.25, 0.3) is 0 Å². The fraction of sp³-hybridized carbons (Fsp3) is 0.304. The number of hydrogen-bond donors (Lipinski definition) is 0. The predicted molar refractivity (Wildman–Crippen MR) is 106 cm³/mol. The molecule has 0 unspecified atom stereocenters. The van der Waals surface area contributed by atoms with Gasteiger partial charge in [-0.3, -0.25) is 4.79 Å². The quantitative estimate of drug-likeness (QED) is 0.498. The van der Waals surface area contributed by atoms with Gasteiger partial charge in [0.15, 0.2) is 23.9 Å². The highest BCUT2D eigenvalue weighted by molar-refractivity contribution is 5.98. The minimum Gasteiger partial charge on any atom is -0.490 e. The molecule has 3 aromatic rings. The molecule has 1 aromatic heterocycles. The van der Waals surface area contributed by atoms with E-state index in [2.05, 4.69) is 0 Å². The van der Waals surface area contributed by atoms with E-state index in [9.17, 15) is 9.59 Å². The van der Waals surface area contributed by atoms with Crippen molar-refractivity contribution >= 4 is 16.8 Å². The third-order valence-corrected chi connectivity index (χ3v) is 5.38. The number of hydrogen-bond acceptors (Lipinski definition) is 6. The van der Waals surface area contributed by atoms with Crippen molar-refractivity contribution < 1.29 is 23.4 Å². The fourth-order valence-electron chi connectivity index (χ4n) is 3.92. The molecule has 0 saturated heterocycles. The van der Waals surface area contributed by atoms with Crippen LogP contribution in [0.3, 0.4) is 0 Å². The van der Waals surface area contributed by atoms with Gasteiger partial charge in [0.1, 0.15) is 11.3 Å². The Morgan fingerprint density at radius 3 is 2.66 bits per heavy atom. The first-order valence-electron chi connectivity index (χ1n) is 9.83. The first-order chi connectivity index (χ1) is 14.2. The average Bonchev–Trinajstić information content (AvgIpc) is 3.11. The summed E-state index contributed by atoms with van der Waals surface area (Å²) in [5.41, 5.74) is 2.59. The van der Waals surface area contributed by atoms with Gasteiger partial charge in [0.2, 0.25) is 0 Å². The number of rotatable bonds is 4. The van der Waals surface area contributed by atoms with Crippen LogP contribution < -0.4 is 19.8 Å². The largest absolute Gasteiger partial charge is 0.490 e. The summed E-state index contributed by atoms with van der Waals surface area (Å²) in [5, 5.41) is 0.943. The van der Waals surface area contributed by atoms with Crippen molar-refractivity contribution in [2.24, 2.45) is 0 Å². The van der Waals surface area contributed by atoms with Gasteiger partial charge in [-0.25, -0.2) is 4.79 Å². The van der Waals surface area contributed by atoms with E-state index < -0.39 is 0 Å². The number of benzene rings is 2. The minimum absolute atomic E-state index is 0.125. The molecule has 0 saturated carbocycles. The standard InChI is InChI=1S/C23H20O6/c24-19(14-5-8-20-22(11-14)27-10-2-9-26-20)13-28-15-6-7-17-16-3-1-4-18(16)23(25)29-21(17)12-15/h5-8,11-12H,1-4,9-10,13H2. The van der Waals surface area contributed by atoms with Crippen LogP contribution in [-0.4, -0.2) is 25.6 Å². The lowest BCUT2D eigenvalue weighted by atomic mass is 10.1. The van der Waals surface area contributed by atoms with Crippen molar-refractivity contribution in [2.75, 3.05) is 19.8 Å². The molecule has 0 amide bonds. The van der Waals surface area contributed by atoms with Crippen LogP contribution in [0, 0.1) is 0 Å². The van der Waals surface area contributed by atoms with Crippen LogP contribution in [0.15, 0.2) is 45.6 Å². The molecule has 1 aliphatic carbocycles. The van der Waals surface area contributed by atoms with Gasteiger partial charge < -0.3 is 18.6 Å². The number of carbonyl (C=O) groups excluding carboxylic acids is 1. The molecule has 0 bridgehead atoms. The second-order valence-electron chi connectivity index (χ2n) is 7.28. The molecule has 6 heteroatoms. The van der Waals surface area contributed by atoms with E-state index in [1.54, 1.807) is 24.3 Å². The van der Waals surface area contributed by atoms with E-state index in [0.717, 1.165) is 42.2 Å². The fourth-order valence-corrected chi connectivity index (χ4v) is 3.92. The van der Waals surface area contributed by atoms with Crippen molar-refractivity contribution in [2.45, 2.75) is 25.7 Å². The lowest BCUT2D eigenvalue weighted by molar-refractivity contribution is 0.0921. The summed E-state index contributed by atoms with van der Waals surface area (Å²) >= 11 is 0. The Labute approximate surface area is 167 Å². The second kappa shape index (κ2) is 7.28. The maximum Gasteiger partial charge on any atom is 0.339 e. The molecule has 2 aliphatic rings. The molecule has 6 nitrogen and oxygen atoms in total. The minimum atomic E-state index is -0.273. The van der Waals surface area contributed by atoms with Crippen molar-refractivity contribution in [3.63, 3.8) is 0 Å². The van der Waals surface area contributed by atoms with Gasteiger partial charge in [-0.1, -0.05) is 0 Å². The molecular formula is C23H20O6. The number of carbonyl (C=O) groups is 1. The first-order valence-corrected chi connectivity index (χ1v) is 9.83. The highest BCUT2D eigenvalue weighted by Crippen LogP contribution is 2.31. The van der Waals surface area contributed by atoms with Crippen LogP contribution in [-0.2, 0) is 12.8 Å². The zero-order valence-corrected chi connectivity index (χ0v) is 15.9. The number of fused-ring (bicyclic) bond motifs is 4. The summed E-state index contributed by atoms with van der Waals surface area (Å²) in [6.45, 7) is 1.04. The zero-order valence-electron chi connectivity index (χ0n) is 15.9. The molecule has 29 heavy (non-hydrogen) atoms. The predicted octanol–water partition coefficient (Wildman–Crippen LogP) is 3.70. The number of aryl methyl sites for hydroxylation is 1. The number of Topliss-reactive ketones (excluding diaryl/α,β-unsaturated/α-hetero) is 1. The van der Waals surface area contributed by atoms with E-state index in [1.165, 1.54) is 0 Å². The van der Waals surface area contributed by atoms with Crippen LogP contribution in [0.2, 0.25) is 0 Å². The van der Waals surface area contributed by atoms with Gasteiger partial charge in [0, 0.05) is 29.0 Å². The average molecular weight is 392 g/mol. The Kier molecular flexibility index (Phi) is 4.46. The van der Waals surface area contributed by atoms with Crippen LogP contribution in [0.25, 0.3) is 11.0 Å². The molecule has 0 N–H and O–H groups in total. The van der Waals surface area contributed by atoms with Crippen molar-refractivity contribution in [1.29, 1.82) is 0 Å². The Hall–Kier alpha value is -3.28. The van der Waals surface area contributed by atoms with Crippen LogP contribution in [0.5, 0.6) is 17.2 Å². The third-order valence-electron chi connectivity index (χ3n) is 5.38. The molecule has 5 rings (SSSR count). The molecule has 0 fully saturated rings. The maximum atomic E-state index is 12.6. The third kappa shape index (κ3) is 3.35. The summed E-state index contributed by atoms with van der Waals surface area (Å²) < 4.78 is 22.4. The van der Waals surface area contributed by atoms with E-state index in [4.69, 9.17) is 18.6 Å². The number of ketones is 1. The van der Waals surface area contributed by atoms with Gasteiger partial charge in [-0.05, 0) is 55.2 Å². The monoisotopic (exact) mass is 392 g/mol. The summed E-state index contributed by atoms with van der Waals surface area (Å²) in [4.78, 5) is 24.7. The SMILES string of the molecule is O=C(COc1ccc2c3c(c(=O)oc2c1)CCC3)c1ccc2c(c1)OCCCO2. The molecule has 2 aromatic carbocycles. The molecule has 0 atom stereocenters. The number of ether oxygens (including phenoxy) is 3. The molecule has 0 radical (unpaired) electrons. The van der Waals surface area contributed by atoms with E-state index in [0.29, 0.717) is 41.6 Å². The van der Waals surface area contributed by atoms with Crippen molar-refractivity contribution in [3.05, 3.63) is 63.5 Å². The normalized spacial score (nSPS) is 15.0. The van der Waals surface area contributed by atoms with Crippen LogP contribution in [0.4, 0.5) is 0 Å². The Bertz CT molecular complexity index is 1160. The molecule has 148 valence electrons. The van der Waals surface area contributed by atoms with Gasteiger partial charge in [-0.15, -0.1) is 0 Å². The summed E-state index contributed by atoms with van der Waals surface area (Å²) in [5.74, 6) is 1.55. The first kappa shape index (κ1) is 17.8. The molecule has 1 aliphatic heterocycles. The maximum absolute atomic E-state index is 12.6. The summed E-state index contributed by atoms with van der Waals surface area (Å²) in [7, 11) is 0. The highest BCUT2D eigenvalue weighted by Gasteiger charge is 2.20. The summed E-state index contributed by atoms with van der Waals surface area (Å²) in [6.07, 6.45) is 3.44. The Morgan fingerprint density at radius 2 is 1.76 bits per heavy atom. The van der Waals surface area contributed by atoms with Crippen molar-refractivity contribution in [3.8, 4) is 17.2 Å². The molecular weight excluding hydrogens is 372 g/mol. The lowest BCUT2D eigenvalue weighted by Gasteiger charge is -2.10. The Balaban J connectivity index is 1.34. The van der Waals surface area contributed by atoms with Gasteiger partial charge in [-0.2, -0.15) is 0 Å². The van der Waals surface area contributed by atoms with Crippen molar-refractivity contribution in [1.82, 2.24) is 0 Å². The second-order valence-corrected chi connectivity index (χ2v) is 7.28. The molecule has 2 heterocycles. The summed E-state index contributed by atoms with van der Waals surface area (Å²) in [6, 6.07) is 10.5. The molecule has 0 spiro atoms. The topological polar surface area (TPSA) is 75.0 Å². The lowest BCUT2D eigenvalue weighted by Crippen LogP contribution is -2.12. The van der Waals surface area contributed by atoms with Crippen LogP contribution >= 0.6 is 0 Å². The smallest absolute Gasteiger partial charge is 0.339 e.